The van der Waals surface area contributed by atoms with E-state index in [-0.39, 0.29) is 23.3 Å². The van der Waals surface area contributed by atoms with Crippen molar-refractivity contribution in [1.29, 1.82) is 0 Å². The number of amides is 2. The van der Waals surface area contributed by atoms with Gasteiger partial charge < -0.3 is 10.2 Å². The van der Waals surface area contributed by atoms with Crippen molar-refractivity contribution in [1.82, 2.24) is 10.2 Å². The number of carbonyl (C=O) groups is 2. The fourth-order valence-corrected chi connectivity index (χ4v) is 4.34. The van der Waals surface area contributed by atoms with Crippen molar-refractivity contribution in [3.8, 4) is 0 Å². The smallest absolute Gasteiger partial charge is 0.243 e. The van der Waals surface area contributed by atoms with Crippen LogP contribution in [0.2, 0.25) is 0 Å². The minimum Gasteiger partial charge on any atom is -0.352 e. The van der Waals surface area contributed by atoms with Crippen LogP contribution in [0, 0.1) is 0 Å². The highest BCUT2D eigenvalue weighted by Crippen LogP contribution is 2.23. The molecule has 0 aliphatic heterocycles. The predicted octanol–water partition coefficient (Wildman–Crippen LogP) is 6.47. The van der Waals surface area contributed by atoms with Crippen LogP contribution in [0.1, 0.15) is 69.7 Å². The molecule has 1 N–H and O–H groups in total. The van der Waals surface area contributed by atoms with E-state index in [4.69, 9.17) is 0 Å². The van der Waals surface area contributed by atoms with Crippen LogP contribution in [0.5, 0.6) is 0 Å². The molecule has 0 aromatic heterocycles. The Bertz CT molecular complexity index is 1120. The van der Waals surface area contributed by atoms with Gasteiger partial charge in [-0.05, 0) is 47.4 Å². The molecule has 0 heterocycles. The second-order valence-corrected chi connectivity index (χ2v) is 11.0. The van der Waals surface area contributed by atoms with Gasteiger partial charge in [0.1, 0.15) is 6.04 Å². The van der Waals surface area contributed by atoms with Gasteiger partial charge in [0.25, 0.3) is 0 Å². The molecule has 3 aromatic carbocycles. The zero-order valence-electron chi connectivity index (χ0n) is 23.0. The molecule has 0 aliphatic rings. The molecule has 0 fully saturated rings. The molecule has 2 amide bonds. The Hall–Kier alpha value is -3.40. The number of benzene rings is 3. The summed E-state index contributed by atoms with van der Waals surface area (Å²) in [5.74, 6) is -0.110. The van der Waals surface area contributed by atoms with E-state index < -0.39 is 6.04 Å². The molecule has 0 bridgehead atoms. The molecule has 2 atom stereocenters. The summed E-state index contributed by atoms with van der Waals surface area (Å²) in [7, 11) is 0. The lowest BCUT2D eigenvalue weighted by molar-refractivity contribution is -0.141. The van der Waals surface area contributed by atoms with Crippen LogP contribution in [-0.4, -0.2) is 28.8 Å². The quantitative estimate of drug-likeness (QED) is 0.329. The molecular formula is C33H42N2O2. The Morgan fingerprint density at radius 2 is 1.38 bits per heavy atom. The highest BCUT2D eigenvalue weighted by atomic mass is 16.2. The predicted molar refractivity (Wildman–Crippen MR) is 152 cm³/mol. The van der Waals surface area contributed by atoms with Crippen molar-refractivity contribution in [2.24, 2.45) is 0 Å². The first kappa shape index (κ1) is 28.2. The van der Waals surface area contributed by atoms with E-state index in [1.165, 1.54) is 5.56 Å². The average molecular weight is 499 g/mol. The van der Waals surface area contributed by atoms with Crippen LogP contribution in [0.15, 0.2) is 84.9 Å². The van der Waals surface area contributed by atoms with Gasteiger partial charge in [0.05, 0.1) is 0 Å². The first-order chi connectivity index (χ1) is 17.7. The number of rotatable bonds is 11. The first-order valence-corrected chi connectivity index (χ1v) is 13.4. The molecule has 37 heavy (non-hydrogen) atoms. The van der Waals surface area contributed by atoms with E-state index in [2.05, 4.69) is 57.3 Å². The van der Waals surface area contributed by atoms with E-state index >= 15 is 0 Å². The molecule has 0 unspecified atom stereocenters. The number of hydrogen-bond donors (Lipinski definition) is 1. The topological polar surface area (TPSA) is 49.4 Å². The molecule has 4 heteroatoms. The van der Waals surface area contributed by atoms with Crippen molar-refractivity contribution in [3.63, 3.8) is 0 Å². The average Bonchev–Trinajstić information content (AvgIpc) is 2.90. The number of carbonyl (C=O) groups excluding carboxylic acids is 2. The maximum absolute atomic E-state index is 13.8. The zero-order valence-corrected chi connectivity index (χ0v) is 23.0. The van der Waals surface area contributed by atoms with Gasteiger partial charge in [-0.25, -0.2) is 0 Å². The molecule has 0 saturated carbocycles. The summed E-state index contributed by atoms with van der Waals surface area (Å²) in [6.45, 7) is 11.0. The van der Waals surface area contributed by atoms with Crippen molar-refractivity contribution in [2.45, 2.75) is 84.3 Å². The largest absolute Gasteiger partial charge is 0.352 e. The summed E-state index contributed by atoms with van der Waals surface area (Å²) in [5, 5.41) is 3.13. The van der Waals surface area contributed by atoms with Crippen LogP contribution < -0.4 is 5.32 Å². The molecule has 196 valence electrons. The van der Waals surface area contributed by atoms with Gasteiger partial charge in [0.2, 0.25) is 11.8 Å². The van der Waals surface area contributed by atoms with Crippen LogP contribution >= 0.6 is 0 Å². The molecule has 4 nitrogen and oxygen atoms in total. The molecule has 3 rings (SSSR count). The van der Waals surface area contributed by atoms with Crippen LogP contribution in [0.25, 0.3) is 0 Å². The fourth-order valence-electron chi connectivity index (χ4n) is 4.34. The number of nitrogens with one attached hydrogen (secondary N) is 1. The van der Waals surface area contributed by atoms with Gasteiger partial charge in [-0.15, -0.1) is 0 Å². The van der Waals surface area contributed by atoms with Crippen molar-refractivity contribution < 1.29 is 9.59 Å². The van der Waals surface area contributed by atoms with Crippen LogP contribution in [0.4, 0.5) is 0 Å². The van der Waals surface area contributed by atoms with E-state index in [0.29, 0.717) is 25.8 Å². The Balaban J connectivity index is 1.86. The summed E-state index contributed by atoms with van der Waals surface area (Å²) in [5.41, 5.74) is 4.55. The Labute approximate surface area is 223 Å². The minimum absolute atomic E-state index is 0.0102. The summed E-state index contributed by atoms with van der Waals surface area (Å²) in [6, 6.07) is 27.9. The fraction of sp³-hybridized carbons (Fsp3) is 0.394. The van der Waals surface area contributed by atoms with Crippen LogP contribution in [-0.2, 0) is 34.4 Å². The second kappa shape index (κ2) is 13.2. The van der Waals surface area contributed by atoms with Crippen molar-refractivity contribution in [2.75, 3.05) is 0 Å². The Kier molecular flexibility index (Phi) is 10.1. The van der Waals surface area contributed by atoms with Gasteiger partial charge in [-0.3, -0.25) is 9.59 Å². The number of nitrogens with zero attached hydrogens (tertiary/aromatic N) is 1. The lowest BCUT2D eigenvalue weighted by atomic mass is 9.86. The zero-order chi connectivity index (χ0) is 26.8. The van der Waals surface area contributed by atoms with E-state index in [0.717, 1.165) is 23.1 Å². The minimum atomic E-state index is -0.590. The van der Waals surface area contributed by atoms with Crippen molar-refractivity contribution >= 4 is 11.8 Å². The Morgan fingerprint density at radius 1 is 0.811 bits per heavy atom. The summed E-state index contributed by atoms with van der Waals surface area (Å²) in [4.78, 5) is 29.1. The normalized spacial score (nSPS) is 13.0. The van der Waals surface area contributed by atoms with E-state index in [1.54, 1.807) is 4.90 Å². The van der Waals surface area contributed by atoms with Gasteiger partial charge in [-0.1, -0.05) is 113 Å². The molecule has 0 radical (unpaired) electrons. The summed E-state index contributed by atoms with van der Waals surface area (Å²) in [6.07, 6.45) is 2.30. The maximum atomic E-state index is 13.8. The number of aryl methyl sites for hydroxylation is 1. The molecule has 3 aromatic rings. The summed E-state index contributed by atoms with van der Waals surface area (Å²) < 4.78 is 0. The third-order valence-corrected chi connectivity index (χ3v) is 6.92. The maximum Gasteiger partial charge on any atom is 0.243 e. The molecule has 0 spiro atoms. The highest BCUT2D eigenvalue weighted by Gasteiger charge is 2.30. The Morgan fingerprint density at radius 3 is 1.92 bits per heavy atom. The first-order valence-electron chi connectivity index (χ1n) is 13.4. The monoisotopic (exact) mass is 498 g/mol. The highest BCUT2D eigenvalue weighted by molar-refractivity contribution is 5.88. The third-order valence-electron chi connectivity index (χ3n) is 6.92. The van der Waals surface area contributed by atoms with Gasteiger partial charge >= 0.3 is 0 Å². The van der Waals surface area contributed by atoms with Gasteiger partial charge in [0.15, 0.2) is 0 Å². The lowest BCUT2D eigenvalue weighted by Gasteiger charge is -2.32. The number of hydrogen-bond acceptors (Lipinski definition) is 2. The van der Waals surface area contributed by atoms with Gasteiger partial charge in [0, 0.05) is 25.4 Å². The second-order valence-electron chi connectivity index (χ2n) is 11.0. The standard InChI is InChI=1S/C33H42N2O2/c1-6-25(2)34-32(37)30(23-27-13-9-7-10-14-27)35(24-28-15-11-8-12-16-28)31(36)22-19-26-17-20-29(21-18-26)33(3,4)5/h7-18,20-21,25,30H,6,19,22-24H2,1-5H3,(H,34,37)/t25-,30-/m0/s1. The SMILES string of the molecule is CC[C@H](C)NC(=O)[C@H](Cc1ccccc1)N(Cc1ccccc1)C(=O)CCc1ccc(C(C)(C)C)cc1. The van der Waals surface area contributed by atoms with Crippen LogP contribution in [0.3, 0.4) is 0 Å². The van der Waals surface area contributed by atoms with Crippen molar-refractivity contribution in [3.05, 3.63) is 107 Å². The molecule has 0 aliphatic carbocycles. The van der Waals surface area contributed by atoms with E-state index in [1.807, 2.05) is 67.6 Å². The van der Waals surface area contributed by atoms with E-state index in [9.17, 15) is 9.59 Å². The molecular weight excluding hydrogens is 456 g/mol. The summed E-state index contributed by atoms with van der Waals surface area (Å²) >= 11 is 0. The third kappa shape index (κ3) is 8.59. The molecule has 0 saturated heterocycles. The van der Waals surface area contributed by atoms with Gasteiger partial charge in [-0.2, -0.15) is 0 Å². The lowest BCUT2D eigenvalue weighted by Crippen LogP contribution is -2.52.